The molecule has 4 nitrogen and oxygen atoms in total. The van der Waals surface area contributed by atoms with Crippen molar-refractivity contribution in [3.8, 4) is 0 Å². The van der Waals surface area contributed by atoms with Crippen LogP contribution >= 0.6 is 0 Å². The van der Waals surface area contributed by atoms with Crippen LogP contribution in [-0.2, 0) is 9.47 Å². The van der Waals surface area contributed by atoms with Crippen LogP contribution in [0.2, 0.25) is 0 Å². The summed E-state index contributed by atoms with van der Waals surface area (Å²) >= 11 is 0. The van der Waals surface area contributed by atoms with E-state index in [0.717, 1.165) is 19.7 Å². The Kier molecular flexibility index (Phi) is 7.93. The van der Waals surface area contributed by atoms with Gasteiger partial charge in [-0.2, -0.15) is 0 Å². The first-order valence-electron chi connectivity index (χ1n) is 6.02. The normalized spacial score (nSPS) is 15.8. The van der Waals surface area contributed by atoms with E-state index in [2.05, 4.69) is 25.7 Å². The van der Waals surface area contributed by atoms with Gasteiger partial charge in [0.05, 0.1) is 18.8 Å². The van der Waals surface area contributed by atoms with Crippen molar-refractivity contribution in [3.63, 3.8) is 0 Å². The van der Waals surface area contributed by atoms with Crippen LogP contribution < -0.4 is 5.73 Å². The second-order valence-corrected chi connectivity index (χ2v) is 4.47. The molecule has 0 spiro atoms. The Morgan fingerprint density at radius 3 is 2.19 bits per heavy atom. The van der Waals surface area contributed by atoms with Crippen molar-refractivity contribution in [2.24, 2.45) is 11.7 Å². The number of nitrogens with two attached hydrogens (primary N) is 1. The SMILES string of the molecule is CCN(CCOC)C(CN)(COC)C(C)C. The smallest absolute Gasteiger partial charge is 0.0661 e. The van der Waals surface area contributed by atoms with Gasteiger partial charge in [0.15, 0.2) is 0 Å². The van der Waals surface area contributed by atoms with E-state index in [1.807, 2.05) is 0 Å². The predicted octanol–water partition coefficient (Wildman–Crippen LogP) is 0.955. The van der Waals surface area contributed by atoms with Crippen LogP contribution in [0.3, 0.4) is 0 Å². The first kappa shape index (κ1) is 15.8. The van der Waals surface area contributed by atoms with Crippen molar-refractivity contribution in [2.75, 3.05) is 47.1 Å². The average Bonchev–Trinajstić information content (AvgIpc) is 2.27. The van der Waals surface area contributed by atoms with Crippen LogP contribution in [0.5, 0.6) is 0 Å². The van der Waals surface area contributed by atoms with Gasteiger partial charge in [0, 0.05) is 27.3 Å². The zero-order chi connectivity index (χ0) is 12.6. The number of rotatable bonds is 9. The fraction of sp³-hybridized carbons (Fsp3) is 1.00. The summed E-state index contributed by atoms with van der Waals surface area (Å²) in [5.41, 5.74) is 5.90. The van der Waals surface area contributed by atoms with Crippen molar-refractivity contribution < 1.29 is 9.47 Å². The maximum Gasteiger partial charge on any atom is 0.0661 e. The molecule has 0 radical (unpaired) electrons. The van der Waals surface area contributed by atoms with Gasteiger partial charge in [0.2, 0.25) is 0 Å². The van der Waals surface area contributed by atoms with E-state index in [4.69, 9.17) is 15.2 Å². The highest BCUT2D eigenvalue weighted by molar-refractivity contribution is 4.94. The molecular formula is C12H28N2O2. The molecule has 0 saturated heterocycles. The Labute approximate surface area is 100 Å². The number of ether oxygens (including phenoxy) is 2. The lowest BCUT2D eigenvalue weighted by Crippen LogP contribution is -2.61. The molecular weight excluding hydrogens is 204 g/mol. The number of hydrogen-bond acceptors (Lipinski definition) is 4. The molecule has 0 aliphatic rings. The van der Waals surface area contributed by atoms with E-state index in [0.29, 0.717) is 19.1 Å². The van der Waals surface area contributed by atoms with E-state index in [9.17, 15) is 0 Å². The third-order valence-corrected chi connectivity index (χ3v) is 3.40. The Morgan fingerprint density at radius 1 is 1.25 bits per heavy atom. The van der Waals surface area contributed by atoms with Crippen molar-refractivity contribution in [1.29, 1.82) is 0 Å². The molecule has 98 valence electrons. The van der Waals surface area contributed by atoms with Gasteiger partial charge in [-0.25, -0.2) is 0 Å². The summed E-state index contributed by atoms with van der Waals surface area (Å²) in [6.07, 6.45) is 0. The molecule has 0 aliphatic carbocycles. The number of hydrogen-bond donors (Lipinski definition) is 1. The van der Waals surface area contributed by atoms with E-state index >= 15 is 0 Å². The summed E-state index contributed by atoms with van der Waals surface area (Å²) in [5, 5.41) is 0. The van der Waals surface area contributed by atoms with E-state index in [1.165, 1.54) is 0 Å². The molecule has 0 heterocycles. The fourth-order valence-corrected chi connectivity index (χ4v) is 2.19. The quantitative estimate of drug-likeness (QED) is 0.643. The molecule has 16 heavy (non-hydrogen) atoms. The molecule has 0 aromatic rings. The fourth-order valence-electron chi connectivity index (χ4n) is 2.19. The zero-order valence-corrected chi connectivity index (χ0v) is 11.5. The molecule has 1 atom stereocenters. The van der Waals surface area contributed by atoms with Crippen LogP contribution in [0, 0.1) is 5.92 Å². The second kappa shape index (κ2) is 8.01. The first-order valence-corrected chi connectivity index (χ1v) is 6.02. The van der Waals surface area contributed by atoms with E-state index < -0.39 is 0 Å². The van der Waals surface area contributed by atoms with Gasteiger partial charge >= 0.3 is 0 Å². The lowest BCUT2D eigenvalue weighted by molar-refractivity contribution is -0.0238. The van der Waals surface area contributed by atoms with Crippen molar-refractivity contribution in [2.45, 2.75) is 26.3 Å². The van der Waals surface area contributed by atoms with Crippen LogP contribution in [0.4, 0.5) is 0 Å². The molecule has 0 aromatic heterocycles. The summed E-state index contributed by atoms with van der Waals surface area (Å²) in [7, 11) is 3.46. The van der Waals surface area contributed by atoms with Gasteiger partial charge in [0.1, 0.15) is 0 Å². The molecule has 0 rings (SSSR count). The Morgan fingerprint density at radius 2 is 1.88 bits per heavy atom. The second-order valence-electron chi connectivity index (χ2n) is 4.47. The van der Waals surface area contributed by atoms with Gasteiger partial charge < -0.3 is 15.2 Å². The Bertz CT molecular complexity index is 176. The highest BCUT2D eigenvalue weighted by atomic mass is 16.5. The minimum absolute atomic E-state index is 0.0813. The topological polar surface area (TPSA) is 47.7 Å². The van der Waals surface area contributed by atoms with Gasteiger partial charge in [0.25, 0.3) is 0 Å². The standard InChI is InChI=1S/C12H28N2O2/c1-6-14(7-8-15-4)12(9-13,10-16-5)11(2)3/h11H,6-10,13H2,1-5H3. The van der Waals surface area contributed by atoms with Gasteiger partial charge in [-0.3, -0.25) is 4.90 Å². The Hall–Kier alpha value is -0.160. The highest BCUT2D eigenvalue weighted by Crippen LogP contribution is 2.24. The predicted molar refractivity (Wildman–Crippen MR) is 67.6 cm³/mol. The molecule has 0 fully saturated rings. The molecule has 4 heteroatoms. The average molecular weight is 232 g/mol. The highest BCUT2D eigenvalue weighted by Gasteiger charge is 2.37. The maximum atomic E-state index is 5.98. The van der Waals surface area contributed by atoms with Gasteiger partial charge in [-0.15, -0.1) is 0 Å². The number of likely N-dealkylation sites (N-methyl/N-ethyl adjacent to an activating group) is 1. The summed E-state index contributed by atoms with van der Waals surface area (Å²) in [6.45, 7) is 10.4. The van der Waals surface area contributed by atoms with Gasteiger partial charge in [-0.1, -0.05) is 20.8 Å². The summed E-state index contributed by atoms with van der Waals surface area (Å²) in [4.78, 5) is 2.37. The molecule has 0 saturated carbocycles. The molecule has 0 bridgehead atoms. The molecule has 0 aromatic carbocycles. The molecule has 1 unspecified atom stereocenters. The monoisotopic (exact) mass is 232 g/mol. The first-order chi connectivity index (χ1) is 7.58. The van der Waals surface area contributed by atoms with Gasteiger partial charge in [-0.05, 0) is 12.5 Å². The number of methoxy groups -OCH3 is 2. The summed E-state index contributed by atoms with van der Waals surface area (Å²) in [6, 6.07) is 0. The third kappa shape index (κ3) is 3.70. The summed E-state index contributed by atoms with van der Waals surface area (Å²) in [5.74, 6) is 0.453. The van der Waals surface area contributed by atoms with Crippen molar-refractivity contribution in [3.05, 3.63) is 0 Å². The van der Waals surface area contributed by atoms with Crippen LogP contribution in [0.15, 0.2) is 0 Å². The van der Waals surface area contributed by atoms with E-state index in [-0.39, 0.29) is 5.54 Å². The van der Waals surface area contributed by atoms with Crippen molar-refractivity contribution in [1.82, 2.24) is 4.90 Å². The van der Waals surface area contributed by atoms with Crippen LogP contribution in [0.1, 0.15) is 20.8 Å². The minimum Gasteiger partial charge on any atom is -0.383 e. The third-order valence-electron chi connectivity index (χ3n) is 3.40. The maximum absolute atomic E-state index is 5.98. The van der Waals surface area contributed by atoms with E-state index in [1.54, 1.807) is 14.2 Å². The zero-order valence-electron chi connectivity index (χ0n) is 11.5. The molecule has 0 amide bonds. The lowest BCUT2D eigenvalue weighted by Gasteiger charge is -2.45. The molecule has 2 N–H and O–H groups in total. The molecule has 0 aliphatic heterocycles. The lowest BCUT2D eigenvalue weighted by atomic mass is 9.85. The largest absolute Gasteiger partial charge is 0.383 e. The summed E-state index contributed by atoms with van der Waals surface area (Å²) < 4.78 is 10.5. The minimum atomic E-state index is -0.0813. The van der Waals surface area contributed by atoms with Crippen LogP contribution in [-0.4, -0.2) is 57.5 Å². The van der Waals surface area contributed by atoms with Crippen molar-refractivity contribution >= 4 is 0 Å². The number of nitrogens with zero attached hydrogens (tertiary/aromatic N) is 1. The van der Waals surface area contributed by atoms with Crippen LogP contribution in [0.25, 0.3) is 0 Å². The Balaban J connectivity index is 4.78.